The molecule has 0 amide bonds. The van der Waals surface area contributed by atoms with E-state index < -0.39 is 0 Å². The maximum absolute atomic E-state index is 9.56. The first-order valence-electron chi connectivity index (χ1n) is 8.01. The van der Waals surface area contributed by atoms with Gasteiger partial charge >= 0.3 is 0 Å². The molecule has 0 spiro atoms. The van der Waals surface area contributed by atoms with Gasteiger partial charge < -0.3 is 10.0 Å². The van der Waals surface area contributed by atoms with E-state index in [-0.39, 0.29) is 6.10 Å². The van der Waals surface area contributed by atoms with Gasteiger partial charge in [-0.15, -0.1) is 0 Å². The van der Waals surface area contributed by atoms with Crippen molar-refractivity contribution in [2.45, 2.75) is 44.8 Å². The third kappa shape index (κ3) is 2.99. The second kappa shape index (κ2) is 6.15. The molecule has 3 rings (SSSR count). The Hall–Kier alpha value is -1.06. The van der Waals surface area contributed by atoms with Gasteiger partial charge in [0.2, 0.25) is 0 Å². The first kappa shape index (κ1) is 13.9. The Kier molecular flexibility index (Phi) is 4.27. The summed E-state index contributed by atoms with van der Waals surface area (Å²) in [5.41, 5.74) is 2.29. The Morgan fingerprint density at radius 1 is 1.00 bits per heavy atom. The zero-order chi connectivity index (χ0) is 13.9. The summed E-state index contributed by atoms with van der Waals surface area (Å²) in [6.45, 7) is 6.47. The zero-order valence-electron chi connectivity index (χ0n) is 12.5. The van der Waals surface area contributed by atoms with E-state index in [9.17, 15) is 5.11 Å². The van der Waals surface area contributed by atoms with Crippen LogP contribution in [0.25, 0.3) is 0 Å². The minimum absolute atomic E-state index is 0.372. The fourth-order valence-corrected chi connectivity index (χ4v) is 3.58. The van der Waals surface area contributed by atoms with Crippen LogP contribution in [0.1, 0.15) is 44.3 Å². The molecule has 1 unspecified atom stereocenters. The van der Waals surface area contributed by atoms with Gasteiger partial charge in [-0.3, -0.25) is 4.90 Å². The maximum atomic E-state index is 9.56. The van der Waals surface area contributed by atoms with Crippen molar-refractivity contribution in [2.24, 2.45) is 0 Å². The number of piperazine rings is 1. The predicted molar refractivity (Wildman–Crippen MR) is 83.1 cm³/mol. The number of nitrogens with zero attached hydrogens (tertiary/aromatic N) is 2. The first-order valence-corrected chi connectivity index (χ1v) is 8.01. The quantitative estimate of drug-likeness (QED) is 0.918. The van der Waals surface area contributed by atoms with E-state index in [1.807, 2.05) is 19.1 Å². The molecule has 2 fully saturated rings. The van der Waals surface area contributed by atoms with Crippen LogP contribution in [-0.4, -0.2) is 42.2 Å². The van der Waals surface area contributed by atoms with Crippen LogP contribution in [0.4, 0.5) is 5.69 Å². The normalized spacial score (nSPS) is 23.2. The molecule has 1 aromatic rings. The Morgan fingerprint density at radius 3 is 2.15 bits per heavy atom. The molecule has 1 aliphatic heterocycles. The summed E-state index contributed by atoms with van der Waals surface area (Å²) in [5.74, 6) is 0. The highest BCUT2D eigenvalue weighted by atomic mass is 16.3. The van der Waals surface area contributed by atoms with E-state index in [4.69, 9.17) is 0 Å². The lowest BCUT2D eigenvalue weighted by molar-refractivity contribution is 0.187. The van der Waals surface area contributed by atoms with Crippen LogP contribution in [0.5, 0.6) is 0 Å². The Labute approximate surface area is 122 Å². The van der Waals surface area contributed by atoms with Crippen LogP contribution in [-0.2, 0) is 0 Å². The van der Waals surface area contributed by atoms with E-state index in [0.29, 0.717) is 0 Å². The van der Waals surface area contributed by atoms with E-state index in [1.54, 1.807) is 0 Å². The van der Waals surface area contributed by atoms with Gasteiger partial charge in [-0.2, -0.15) is 0 Å². The van der Waals surface area contributed by atoms with Crippen molar-refractivity contribution in [3.8, 4) is 0 Å². The fraction of sp³-hybridized carbons (Fsp3) is 0.647. The molecule has 1 saturated carbocycles. The lowest BCUT2D eigenvalue weighted by Gasteiger charge is -2.39. The van der Waals surface area contributed by atoms with Gasteiger partial charge in [0.05, 0.1) is 6.10 Å². The molecule has 1 heterocycles. The van der Waals surface area contributed by atoms with Gasteiger partial charge in [0.25, 0.3) is 0 Å². The molecular weight excluding hydrogens is 248 g/mol. The molecule has 110 valence electrons. The highest BCUT2D eigenvalue weighted by molar-refractivity contribution is 5.48. The molecule has 1 saturated heterocycles. The lowest BCUT2D eigenvalue weighted by Crippen LogP contribution is -2.49. The smallest absolute Gasteiger partial charge is 0.0761 e. The molecule has 0 radical (unpaired) electrons. The summed E-state index contributed by atoms with van der Waals surface area (Å²) in [6, 6.07) is 9.24. The third-order valence-electron chi connectivity index (χ3n) is 4.90. The average molecular weight is 274 g/mol. The van der Waals surface area contributed by atoms with Crippen molar-refractivity contribution in [1.82, 2.24) is 4.90 Å². The van der Waals surface area contributed by atoms with Crippen molar-refractivity contribution < 1.29 is 5.11 Å². The topological polar surface area (TPSA) is 26.7 Å². The maximum Gasteiger partial charge on any atom is 0.0761 e. The van der Waals surface area contributed by atoms with Crippen molar-refractivity contribution in [2.75, 3.05) is 31.1 Å². The highest BCUT2D eigenvalue weighted by Crippen LogP contribution is 2.26. The second-order valence-corrected chi connectivity index (χ2v) is 6.23. The van der Waals surface area contributed by atoms with Crippen molar-refractivity contribution in [1.29, 1.82) is 0 Å². The summed E-state index contributed by atoms with van der Waals surface area (Å²) < 4.78 is 0. The number of aliphatic hydroxyl groups is 1. The fourth-order valence-electron chi connectivity index (χ4n) is 3.58. The lowest BCUT2D eigenvalue weighted by atomic mass is 10.1. The largest absolute Gasteiger partial charge is 0.389 e. The predicted octanol–water partition coefficient (Wildman–Crippen LogP) is 2.80. The molecule has 2 aliphatic rings. The summed E-state index contributed by atoms with van der Waals surface area (Å²) in [7, 11) is 0. The SMILES string of the molecule is CC(O)c1ccc(N2CCN(C3CCCC3)CC2)cc1. The minimum Gasteiger partial charge on any atom is -0.389 e. The molecule has 20 heavy (non-hydrogen) atoms. The van der Waals surface area contributed by atoms with E-state index >= 15 is 0 Å². The summed E-state index contributed by atoms with van der Waals surface area (Å²) >= 11 is 0. The minimum atomic E-state index is -0.372. The van der Waals surface area contributed by atoms with Crippen LogP contribution in [0.15, 0.2) is 24.3 Å². The van der Waals surface area contributed by atoms with Crippen LogP contribution < -0.4 is 4.90 Å². The van der Waals surface area contributed by atoms with Crippen LogP contribution in [0.2, 0.25) is 0 Å². The number of anilines is 1. The highest BCUT2D eigenvalue weighted by Gasteiger charge is 2.26. The molecule has 0 aromatic heterocycles. The molecule has 0 bridgehead atoms. The standard InChI is InChI=1S/C17H26N2O/c1-14(20)15-6-8-17(9-7-15)19-12-10-18(11-13-19)16-4-2-3-5-16/h6-9,14,16,20H,2-5,10-13H2,1H3. The number of rotatable bonds is 3. The van der Waals surface area contributed by atoms with Gasteiger partial charge in [-0.05, 0) is 37.5 Å². The van der Waals surface area contributed by atoms with Crippen molar-refractivity contribution >= 4 is 5.69 Å². The van der Waals surface area contributed by atoms with E-state index in [1.165, 1.54) is 44.5 Å². The van der Waals surface area contributed by atoms with Gasteiger partial charge in [-0.1, -0.05) is 25.0 Å². The van der Waals surface area contributed by atoms with Crippen molar-refractivity contribution in [3.63, 3.8) is 0 Å². The molecule has 3 nitrogen and oxygen atoms in total. The molecule has 1 aliphatic carbocycles. The Morgan fingerprint density at radius 2 is 1.60 bits per heavy atom. The zero-order valence-corrected chi connectivity index (χ0v) is 12.5. The average Bonchev–Trinajstić information content (AvgIpc) is 3.02. The Bertz CT molecular complexity index is 415. The number of hydrogen-bond acceptors (Lipinski definition) is 3. The third-order valence-corrected chi connectivity index (χ3v) is 4.90. The number of aliphatic hydroxyl groups excluding tert-OH is 1. The van der Waals surface area contributed by atoms with Gasteiger partial charge in [0.15, 0.2) is 0 Å². The summed E-state index contributed by atoms with van der Waals surface area (Å²) in [5, 5.41) is 9.56. The van der Waals surface area contributed by atoms with Gasteiger partial charge in [-0.25, -0.2) is 0 Å². The summed E-state index contributed by atoms with van der Waals surface area (Å²) in [6.07, 6.45) is 5.28. The monoisotopic (exact) mass is 274 g/mol. The van der Waals surface area contributed by atoms with Gasteiger partial charge in [0, 0.05) is 37.9 Å². The molecule has 1 aromatic carbocycles. The molecular formula is C17H26N2O. The van der Waals surface area contributed by atoms with E-state index in [0.717, 1.165) is 24.7 Å². The molecule has 1 N–H and O–H groups in total. The molecule has 3 heteroatoms. The van der Waals surface area contributed by atoms with Crippen LogP contribution in [0, 0.1) is 0 Å². The van der Waals surface area contributed by atoms with Crippen LogP contribution in [0.3, 0.4) is 0 Å². The van der Waals surface area contributed by atoms with Crippen molar-refractivity contribution in [3.05, 3.63) is 29.8 Å². The van der Waals surface area contributed by atoms with Crippen LogP contribution >= 0.6 is 0 Å². The van der Waals surface area contributed by atoms with Gasteiger partial charge in [0.1, 0.15) is 0 Å². The number of hydrogen-bond donors (Lipinski definition) is 1. The molecule has 1 atom stereocenters. The summed E-state index contributed by atoms with van der Waals surface area (Å²) in [4.78, 5) is 5.16. The van der Waals surface area contributed by atoms with E-state index in [2.05, 4.69) is 21.9 Å². The number of benzene rings is 1. The first-order chi connectivity index (χ1) is 9.74. The Balaban J connectivity index is 1.57. The second-order valence-electron chi connectivity index (χ2n) is 6.23.